The summed E-state index contributed by atoms with van der Waals surface area (Å²) >= 11 is 0. The summed E-state index contributed by atoms with van der Waals surface area (Å²) in [6.07, 6.45) is 5.71. The molecule has 0 amide bonds. The molecule has 130 valence electrons. The van der Waals surface area contributed by atoms with E-state index < -0.39 is 0 Å². The molecule has 1 N–H and O–H groups in total. The van der Waals surface area contributed by atoms with Crippen molar-refractivity contribution in [1.29, 1.82) is 0 Å². The number of nitrogens with zero attached hydrogens (tertiary/aromatic N) is 3. The van der Waals surface area contributed by atoms with E-state index in [4.69, 9.17) is 4.98 Å². The first-order valence-corrected chi connectivity index (χ1v) is 9.25. The van der Waals surface area contributed by atoms with E-state index in [0.717, 1.165) is 32.1 Å². The fraction of sp³-hybridized carbons (Fsp3) is 0.737. The molecule has 0 radical (unpaired) electrons. The van der Waals surface area contributed by atoms with Crippen molar-refractivity contribution in [2.75, 3.05) is 43.9 Å². The van der Waals surface area contributed by atoms with Gasteiger partial charge < -0.3 is 15.1 Å². The summed E-state index contributed by atoms with van der Waals surface area (Å²) in [4.78, 5) is 9.67. The highest BCUT2D eigenvalue weighted by molar-refractivity contribution is 5.76. The quantitative estimate of drug-likeness (QED) is 0.920. The Morgan fingerprint density at radius 3 is 2.43 bits per heavy atom. The molecule has 0 atom stereocenters. The molecule has 2 aliphatic rings. The van der Waals surface area contributed by atoms with Crippen LogP contribution in [0.5, 0.6) is 0 Å². The number of piperidine rings is 1. The maximum atomic E-state index is 4.79. The molecule has 1 aromatic heterocycles. The van der Waals surface area contributed by atoms with E-state index in [0.29, 0.717) is 5.92 Å². The van der Waals surface area contributed by atoms with E-state index in [1.54, 1.807) is 0 Å². The molecule has 0 unspecified atom stereocenters. The first kappa shape index (κ1) is 18.1. The van der Waals surface area contributed by atoms with E-state index in [-0.39, 0.29) is 0 Å². The van der Waals surface area contributed by atoms with Crippen LogP contribution in [0, 0.1) is 0 Å². The molecule has 1 fully saturated rings. The van der Waals surface area contributed by atoms with Crippen molar-refractivity contribution in [3.8, 4) is 0 Å². The standard InChI is InChI=1S/C17H28N4.C2H6/c1-12(2)16-14-5-8-18-17(14)15(11-19-16)21-9-6-13(7-10-21)20(3)4;1-2/h11-13,18H,5-10H2,1-4H3;1-2H3. The van der Waals surface area contributed by atoms with E-state index >= 15 is 0 Å². The summed E-state index contributed by atoms with van der Waals surface area (Å²) < 4.78 is 0. The van der Waals surface area contributed by atoms with Gasteiger partial charge in [-0.05, 0) is 39.3 Å². The van der Waals surface area contributed by atoms with Crippen LogP contribution in [-0.2, 0) is 6.42 Å². The van der Waals surface area contributed by atoms with Gasteiger partial charge in [0.2, 0.25) is 0 Å². The van der Waals surface area contributed by atoms with Gasteiger partial charge >= 0.3 is 0 Å². The lowest BCUT2D eigenvalue weighted by Crippen LogP contribution is -2.42. The first-order valence-electron chi connectivity index (χ1n) is 9.25. The predicted octanol–water partition coefficient (Wildman–Crippen LogP) is 3.73. The lowest BCUT2D eigenvalue weighted by molar-refractivity contribution is 0.249. The van der Waals surface area contributed by atoms with Gasteiger partial charge in [-0.25, -0.2) is 0 Å². The Bertz CT molecular complexity index is 502. The van der Waals surface area contributed by atoms with Crippen LogP contribution in [0.4, 0.5) is 11.4 Å². The smallest absolute Gasteiger partial charge is 0.0791 e. The van der Waals surface area contributed by atoms with Gasteiger partial charge in [-0.2, -0.15) is 0 Å². The fourth-order valence-corrected chi connectivity index (χ4v) is 3.68. The molecule has 3 rings (SSSR count). The van der Waals surface area contributed by atoms with Gasteiger partial charge in [-0.1, -0.05) is 27.7 Å². The minimum absolute atomic E-state index is 0.507. The van der Waals surface area contributed by atoms with Crippen molar-refractivity contribution < 1.29 is 0 Å². The first-order chi connectivity index (χ1) is 11.1. The van der Waals surface area contributed by atoms with Crippen LogP contribution in [0.15, 0.2) is 6.20 Å². The summed E-state index contributed by atoms with van der Waals surface area (Å²) in [5, 5.41) is 3.60. The topological polar surface area (TPSA) is 31.4 Å². The zero-order valence-electron chi connectivity index (χ0n) is 15.8. The highest BCUT2D eigenvalue weighted by Crippen LogP contribution is 2.38. The minimum atomic E-state index is 0.507. The Morgan fingerprint density at radius 1 is 1.22 bits per heavy atom. The zero-order valence-corrected chi connectivity index (χ0v) is 15.8. The van der Waals surface area contributed by atoms with Crippen molar-refractivity contribution in [1.82, 2.24) is 9.88 Å². The van der Waals surface area contributed by atoms with Crippen LogP contribution in [0.3, 0.4) is 0 Å². The monoisotopic (exact) mass is 318 g/mol. The highest BCUT2D eigenvalue weighted by atomic mass is 15.2. The molecule has 3 heterocycles. The van der Waals surface area contributed by atoms with E-state index in [1.165, 1.54) is 35.5 Å². The van der Waals surface area contributed by atoms with Crippen molar-refractivity contribution >= 4 is 11.4 Å². The average Bonchev–Trinajstić information content (AvgIpc) is 3.05. The van der Waals surface area contributed by atoms with E-state index in [1.807, 2.05) is 13.8 Å². The van der Waals surface area contributed by atoms with Crippen LogP contribution in [0.2, 0.25) is 0 Å². The Balaban J connectivity index is 0.000000924. The summed E-state index contributed by atoms with van der Waals surface area (Å²) in [5.74, 6) is 0.507. The SMILES string of the molecule is CC.CC(C)c1ncc(N2CCC(N(C)C)CC2)c2c1CCN2. The van der Waals surface area contributed by atoms with Crippen LogP contribution in [-0.4, -0.2) is 49.7 Å². The van der Waals surface area contributed by atoms with Gasteiger partial charge in [0.25, 0.3) is 0 Å². The summed E-state index contributed by atoms with van der Waals surface area (Å²) in [6, 6.07) is 0.727. The number of anilines is 2. The van der Waals surface area contributed by atoms with Crippen molar-refractivity contribution in [2.24, 2.45) is 0 Å². The highest BCUT2D eigenvalue weighted by Gasteiger charge is 2.26. The predicted molar refractivity (Wildman–Crippen MR) is 101 cm³/mol. The van der Waals surface area contributed by atoms with Crippen LogP contribution < -0.4 is 10.2 Å². The van der Waals surface area contributed by atoms with Crippen LogP contribution in [0.1, 0.15) is 57.7 Å². The third kappa shape index (κ3) is 3.79. The number of pyridine rings is 1. The fourth-order valence-electron chi connectivity index (χ4n) is 3.68. The van der Waals surface area contributed by atoms with Crippen LogP contribution >= 0.6 is 0 Å². The molecule has 1 aromatic rings. The summed E-state index contributed by atoms with van der Waals surface area (Å²) in [5.41, 5.74) is 5.42. The summed E-state index contributed by atoms with van der Waals surface area (Å²) in [6.45, 7) is 11.8. The molecule has 0 spiro atoms. The maximum Gasteiger partial charge on any atom is 0.0791 e. The number of aromatic nitrogens is 1. The number of hydrogen-bond acceptors (Lipinski definition) is 4. The number of hydrogen-bond donors (Lipinski definition) is 1. The molecule has 2 aliphatic heterocycles. The second-order valence-corrected chi connectivity index (χ2v) is 6.90. The lowest BCUT2D eigenvalue weighted by atomic mass is 9.99. The average molecular weight is 319 g/mol. The Hall–Kier alpha value is -1.29. The molecule has 0 aromatic carbocycles. The van der Waals surface area contributed by atoms with Gasteiger partial charge in [-0.15, -0.1) is 0 Å². The van der Waals surface area contributed by atoms with Gasteiger partial charge in [0.15, 0.2) is 0 Å². The van der Waals surface area contributed by atoms with Gasteiger partial charge in [0, 0.05) is 36.9 Å². The Morgan fingerprint density at radius 2 is 1.87 bits per heavy atom. The normalized spacial score (nSPS) is 17.8. The second-order valence-electron chi connectivity index (χ2n) is 6.90. The molecule has 0 saturated carbocycles. The molecule has 1 saturated heterocycles. The van der Waals surface area contributed by atoms with Crippen molar-refractivity contribution in [2.45, 2.75) is 58.9 Å². The van der Waals surface area contributed by atoms with Gasteiger partial charge in [0.1, 0.15) is 0 Å². The summed E-state index contributed by atoms with van der Waals surface area (Å²) in [7, 11) is 4.39. The van der Waals surface area contributed by atoms with Crippen LogP contribution in [0.25, 0.3) is 0 Å². The molecule has 4 nitrogen and oxygen atoms in total. The molecule has 0 bridgehead atoms. The van der Waals surface area contributed by atoms with E-state index in [2.05, 4.69) is 49.3 Å². The Labute approximate surface area is 142 Å². The van der Waals surface area contributed by atoms with Gasteiger partial charge in [-0.3, -0.25) is 4.98 Å². The zero-order chi connectivity index (χ0) is 17.0. The molecular formula is C19H34N4. The van der Waals surface area contributed by atoms with Gasteiger partial charge in [0.05, 0.1) is 17.6 Å². The molecule has 4 heteroatoms. The van der Waals surface area contributed by atoms with E-state index in [9.17, 15) is 0 Å². The molecular weight excluding hydrogens is 284 g/mol. The second kappa shape index (κ2) is 8.00. The minimum Gasteiger partial charge on any atom is -0.383 e. The van der Waals surface area contributed by atoms with Crippen molar-refractivity contribution in [3.05, 3.63) is 17.5 Å². The van der Waals surface area contributed by atoms with Crippen molar-refractivity contribution in [3.63, 3.8) is 0 Å². The number of nitrogens with one attached hydrogen (secondary N) is 1. The molecule has 23 heavy (non-hydrogen) atoms. The largest absolute Gasteiger partial charge is 0.383 e. The maximum absolute atomic E-state index is 4.79. The third-order valence-corrected chi connectivity index (χ3v) is 4.95. The third-order valence-electron chi connectivity index (χ3n) is 4.95. The molecule has 0 aliphatic carbocycles. The lowest BCUT2D eigenvalue weighted by Gasteiger charge is -2.37. The number of fused-ring (bicyclic) bond motifs is 1. The Kier molecular flexibility index (Phi) is 6.28. The number of rotatable bonds is 3.